The summed E-state index contributed by atoms with van der Waals surface area (Å²) in [6.07, 6.45) is 4.54. The van der Waals surface area contributed by atoms with Crippen LogP contribution in [0.1, 0.15) is 50.6 Å². The molecule has 1 N–H and O–H groups in total. The minimum absolute atomic E-state index is 0.126. The van der Waals surface area contributed by atoms with Gasteiger partial charge in [-0.1, -0.05) is 42.0 Å². The fraction of sp³-hybridized carbons (Fsp3) is 0.259. The van der Waals surface area contributed by atoms with Crippen LogP contribution in [0.3, 0.4) is 0 Å². The quantitative estimate of drug-likeness (QED) is 0.422. The smallest absolute Gasteiger partial charge is 0.272 e. The number of furan rings is 1. The summed E-state index contributed by atoms with van der Waals surface area (Å²) in [6, 6.07) is 20.1. The minimum atomic E-state index is -0.126. The third kappa shape index (κ3) is 4.76. The number of hydrogen-bond acceptors (Lipinski definition) is 4. The molecule has 6 heteroatoms. The van der Waals surface area contributed by atoms with Crippen molar-refractivity contribution in [2.75, 3.05) is 0 Å². The first kappa shape index (κ1) is 21.2. The molecule has 0 atom stereocenters. The highest BCUT2D eigenvalue weighted by atomic mass is 16.5. The summed E-state index contributed by atoms with van der Waals surface area (Å²) in [7, 11) is 0. The van der Waals surface area contributed by atoms with Gasteiger partial charge in [-0.2, -0.15) is 5.10 Å². The van der Waals surface area contributed by atoms with Crippen LogP contribution in [0.25, 0.3) is 5.69 Å². The second-order valence-corrected chi connectivity index (χ2v) is 8.45. The number of rotatable bonds is 8. The monoisotopic (exact) mass is 441 g/mol. The molecule has 1 amide bonds. The van der Waals surface area contributed by atoms with Crippen molar-refractivity contribution in [1.82, 2.24) is 15.1 Å². The summed E-state index contributed by atoms with van der Waals surface area (Å²) in [5.74, 6) is 0.675. The van der Waals surface area contributed by atoms with Crippen LogP contribution in [0.2, 0.25) is 0 Å². The molecule has 4 aromatic rings. The zero-order valence-electron chi connectivity index (χ0n) is 18.7. The minimum Gasteiger partial charge on any atom is -0.467 e. The molecule has 2 aromatic carbocycles. The van der Waals surface area contributed by atoms with Crippen molar-refractivity contribution < 1.29 is 13.9 Å². The molecule has 0 bridgehead atoms. The highest BCUT2D eigenvalue weighted by Crippen LogP contribution is 2.28. The Morgan fingerprint density at radius 1 is 1.06 bits per heavy atom. The van der Waals surface area contributed by atoms with Gasteiger partial charge < -0.3 is 14.5 Å². The summed E-state index contributed by atoms with van der Waals surface area (Å²) in [6.45, 7) is 3.42. The number of aryl methyl sites for hydroxylation is 1. The molecule has 168 valence electrons. The Kier molecular flexibility index (Phi) is 6.09. The van der Waals surface area contributed by atoms with E-state index in [1.54, 1.807) is 6.26 Å². The number of ether oxygens (including phenoxy) is 1. The van der Waals surface area contributed by atoms with Gasteiger partial charge in [-0.05, 0) is 61.6 Å². The fourth-order valence-electron chi connectivity index (χ4n) is 4.28. The van der Waals surface area contributed by atoms with Crippen molar-refractivity contribution in [1.29, 1.82) is 0 Å². The van der Waals surface area contributed by atoms with E-state index in [2.05, 4.69) is 42.6 Å². The van der Waals surface area contributed by atoms with Gasteiger partial charge in [-0.25, -0.2) is 4.68 Å². The number of nitrogens with zero attached hydrogens (tertiary/aromatic N) is 2. The third-order valence-corrected chi connectivity index (χ3v) is 5.96. The highest BCUT2D eigenvalue weighted by molar-refractivity contribution is 5.94. The largest absolute Gasteiger partial charge is 0.467 e. The number of aromatic nitrogens is 2. The molecule has 0 unspecified atom stereocenters. The lowest BCUT2D eigenvalue weighted by molar-refractivity contribution is 0.0928. The first-order valence-corrected chi connectivity index (χ1v) is 11.3. The summed E-state index contributed by atoms with van der Waals surface area (Å²) >= 11 is 0. The van der Waals surface area contributed by atoms with Gasteiger partial charge >= 0.3 is 0 Å². The molecule has 2 heterocycles. The number of benzene rings is 2. The van der Waals surface area contributed by atoms with Crippen molar-refractivity contribution >= 4 is 5.91 Å². The number of carbonyl (C=O) groups excluding carboxylic acids is 1. The van der Waals surface area contributed by atoms with Gasteiger partial charge in [-0.3, -0.25) is 4.79 Å². The maximum Gasteiger partial charge on any atom is 0.272 e. The maximum atomic E-state index is 13.0. The standard InChI is InChI=1S/C27H27N3O3/c1-19-10-12-22(13-11-19)30-25-9-3-8-24(25)26(29-30)27(31)28-16-20-5-2-6-21(15-20)17-32-18-23-7-4-14-33-23/h2,4-7,10-15H,3,8-9,16-18H2,1H3,(H,28,31). The van der Waals surface area contributed by atoms with E-state index in [0.29, 0.717) is 25.5 Å². The zero-order valence-corrected chi connectivity index (χ0v) is 18.7. The fourth-order valence-corrected chi connectivity index (χ4v) is 4.28. The van der Waals surface area contributed by atoms with E-state index in [4.69, 9.17) is 14.3 Å². The van der Waals surface area contributed by atoms with E-state index >= 15 is 0 Å². The van der Waals surface area contributed by atoms with Gasteiger partial charge in [0.1, 0.15) is 12.4 Å². The Labute approximate surface area is 193 Å². The van der Waals surface area contributed by atoms with Crippen molar-refractivity contribution in [3.63, 3.8) is 0 Å². The molecule has 0 saturated carbocycles. The van der Waals surface area contributed by atoms with Gasteiger partial charge in [0.05, 0.1) is 18.6 Å². The van der Waals surface area contributed by atoms with Crippen molar-refractivity contribution in [2.45, 2.75) is 45.9 Å². The number of fused-ring (bicyclic) bond motifs is 1. The second-order valence-electron chi connectivity index (χ2n) is 8.45. The SMILES string of the molecule is Cc1ccc(-n2nc(C(=O)NCc3cccc(COCc4ccco4)c3)c3c2CCC3)cc1. The van der Waals surface area contributed by atoms with Crippen LogP contribution < -0.4 is 5.32 Å². The number of hydrogen-bond donors (Lipinski definition) is 1. The normalized spacial score (nSPS) is 12.6. The van der Waals surface area contributed by atoms with Crippen molar-refractivity contribution in [3.8, 4) is 5.69 Å². The second kappa shape index (κ2) is 9.46. The first-order chi connectivity index (χ1) is 16.2. The summed E-state index contributed by atoms with van der Waals surface area (Å²) in [4.78, 5) is 13.0. The van der Waals surface area contributed by atoms with E-state index in [1.807, 2.05) is 35.0 Å². The number of amides is 1. The van der Waals surface area contributed by atoms with Crippen LogP contribution >= 0.6 is 0 Å². The molecule has 33 heavy (non-hydrogen) atoms. The summed E-state index contributed by atoms with van der Waals surface area (Å²) in [5, 5.41) is 7.76. The average molecular weight is 442 g/mol. The van der Waals surface area contributed by atoms with Crippen LogP contribution in [0.5, 0.6) is 0 Å². The molecule has 0 spiro atoms. The molecule has 1 aliphatic carbocycles. The van der Waals surface area contributed by atoms with Crippen LogP contribution in [0.4, 0.5) is 0 Å². The Balaban J connectivity index is 1.24. The molecule has 0 fully saturated rings. The van der Waals surface area contributed by atoms with Gasteiger partial charge in [0.25, 0.3) is 5.91 Å². The third-order valence-electron chi connectivity index (χ3n) is 5.96. The number of carbonyl (C=O) groups is 1. The lowest BCUT2D eigenvalue weighted by Gasteiger charge is -2.08. The van der Waals surface area contributed by atoms with Crippen LogP contribution in [0.15, 0.2) is 71.3 Å². The Morgan fingerprint density at radius 3 is 2.73 bits per heavy atom. The topological polar surface area (TPSA) is 69.3 Å². The van der Waals surface area contributed by atoms with Gasteiger partial charge in [0.2, 0.25) is 0 Å². The van der Waals surface area contributed by atoms with E-state index in [-0.39, 0.29) is 5.91 Å². The predicted octanol–water partition coefficient (Wildman–Crippen LogP) is 4.91. The molecule has 0 saturated heterocycles. The Morgan fingerprint density at radius 2 is 1.91 bits per heavy atom. The van der Waals surface area contributed by atoms with Crippen LogP contribution in [-0.4, -0.2) is 15.7 Å². The summed E-state index contributed by atoms with van der Waals surface area (Å²) < 4.78 is 12.9. The van der Waals surface area contributed by atoms with Crippen molar-refractivity contribution in [3.05, 3.63) is 106 Å². The summed E-state index contributed by atoms with van der Waals surface area (Å²) in [5.41, 5.74) is 7.05. The molecule has 0 aliphatic heterocycles. The molecular formula is C27H27N3O3. The van der Waals surface area contributed by atoms with E-state index in [0.717, 1.165) is 53.1 Å². The van der Waals surface area contributed by atoms with E-state index in [1.165, 1.54) is 5.56 Å². The molecule has 0 radical (unpaired) electrons. The van der Waals surface area contributed by atoms with Gasteiger partial charge in [0, 0.05) is 17.8 Å². The van der Waals surface area contributed by atoms with Crippen LogP contribution in [0, 0.1) is 6.92 Å². The average Bonchev–Trinajstić information content (AvgIpc) is 3.57. The van der Waals surface area contributed by atoms with Crippen LogP contribution in [-0.2, 0) is 37.3 Å². The first-order valence-electron chi connectivity index (χ1n) is 11.3. The maximum absolute atomic E-state index is 13.0. The highest BCUT2D eigenvalue weighted by Gasteiger charge is 2.26. The van der Waals surface area contributed by atoms with E-state index in [9.17, 15) is 4.79 Å². The molecule has 2 aromatic heterocycles. The lowest BCUT2D eigenvalue weighted by Crippen LogP contribution is -2.24. The van der Waals surface area contributed by atoms with Gasteiger partial charge in [0.15, 0.2) is 5.69 Å². The lowest BCUT2D eigenvalue weighted by atomic mass is 10.1. The Bertz CT molecular complexity index is 1240. The molecule has 5 rings (SSSR count). The van der Waals surface area contributed by atoms with Gasteiger partial charge in [-0.15, -0.1) is 0 Å². The zero-order chi connectivity index (χ0) is 22.6. The molecule has 1 aliphatic rings. The van der Waals surface area contributed by atoms with Crippen molar-refractivity contribution in [2.24, 2.45) is 0 Å². The molecule has 6 nitrogen and oxygen atoms in total. The molecular weight excluding hydrogens is 414 g/mol. The van der Waals surface area contributed by atoms with E-state index < -0.39 is 0 Å². The Hall–Kier alpha value is -3.64. The predicted molar refractivity (Wildman–Crippen MR) is 125 cm³/mol. The number of nitrogens with one attached hydrogen (secondary N) is 1.